The van der Waals surface area contributed by atoms with Gasteiger partial charge in [-0.2, -0.15) is 0 Å². The fraction of sp³-hybridized carbons (Fsp3) is 0.412. The summed E-state index contributed by atoms with van der Waals surface area (Å²) in [5, 5.41) is 10.2. The molecule has 2 aromatic rings. The third-order valence-corrected chi connectivity index (χ3v) is 4.42. The summed E-state index contributed by atoms with van der Waals surface area (Å²) in [5.74, 6) is 0. The molecule has 0 bridgehead atoms. The zero-order valence-electron chi connectivity index (χ0n) is 12.8. The Kier molecular flexibility index (Phi) is 4.13. The standard InChI is InChI=1S/C17H21N3O2/c1-2-20(14-7-9-19(10-8-14)17(21)22)15-11-13-5-3-4-6-16(13)18-12-15/h3-6,11-12,14H,2,7-10H2,1H3,(H,21,22). The summed E-state index contributed by atoms with van der Waals surface area (Å²) in [6.45, 7) is 4.26. The van der Waals surface area contributed by atoms with Gasteiger partial charge in [0.1, 0.15) is 0 Å². The molecule has 5 heteroatoms. The number of amides is 1. The minimum atomic E-state index is -0.811. The van der Waals surface area contributed by atoms with Crippen LogP contribution in [0.3, 0.4) is 0 Å². The highest BCUT2D eigenvalue weighted by Gasteiger charge is 2.26. The molecule has 1 aromatic heterocycles. The van der Waals surface area contributed by atoms with Crippen molar-refractivity contribution in [2.75, 3.05) is 24.5 Å². The number of anilines is 1. The average molecular weight is 299 g/mol. The molecule has 1 N–H and O–H groups in total. The van der Waals surface area contributed by atoms with E-state index in [4.69, 9.17) is 5.11 Å². The van der Waals surface area contributed by atoms with Gasteiger partial charge in [-0.05, 0) is 31.9 Å². The number of nitrogens with zero attached hydrogens (tertiary/aromatic N) is 3. The predicted molar refractivity (Wildman–Crippen MR) is 87.4 cm³/mol. The molecule has 0 spiro atoms. The van der Waals surface area contributed by atoms with Crippen molar-refractivity contribution in [3.8, 4) is 0 Å². The van der Waals surface area contributed by atoms with Gasteiger partial charge in [-0.25, -0.2) is 4.79 Å². The average Bonchev–Trinajstić information content (AvgIpc) is 2.56. The molecule has 0 atom stereocenters. The Balaban J connectivity index is 1.79. The van der Waals surface area contributed by atoms with Crippen molar-refractivity contribution in [3.05, 3.63) is 36.5 Å². The summed E-state index contributed by atoms with van der Waals surface area (Å²) in [7, 11) is 0. The molecule has 1 aromatic carbocycles. The number of hydrogen-bond acceptors (Lipinski definition) is 3. The number of para-hydroxylation sites is 1. The van der Waals surface area contributed by atoms with Crippen LogP contribution >= 0.6 is 0 Å². The Labute approximate surface area is 130 Å². The lowest BCUT2D eigenvalue weighted by Crippen LogP contribution is -2.46. The van der Waals surface area contributed by atoms with Gasteiger partial charge in [0, 0.05) is 31.1 Å². The third-order valence-electron chi connectivity index (χ3n) is 4.42. The fourth-order valence-corrected chi connectivity index (χ4v) is 3.24. The smallest absolute Gasteiger partial charge is 0.407 e. The number of aromatic nitrogens is 1. The summed E-state index contributed by atoms with van der Waals surface area (Å²) >= 11 is 0. The van der Waals surface area contributed by atoms with Crippen LogP contribution in [0.4, 0.5) is 10.5 Å². The lowest BCUT2D eigenvalue weighted by atomic mass is 10.0. The lowest BCUT2D eigenvalue weighted by Gasteiger charge is -2.38. The number of benzene rings is 1. The number of fused-ring (bicyclic) bond motifs is 1. The second kappa shape index (κ2) is 6.22. The van der Waals surface area contributed by atoms with E-state index in [1.807, 2.05) is 24.4 Å². The second-order valence-electron chi connectivity index (χ2n) is 5.67. The van der Waals surface area contributed by atoms with Crippen molar-refractivity contribution in [2.24, 2.45) is 0 Å². The van der Waals surface area contributed by atoms with Crippen LogP contribution in [0, 0.1) is 0 Å². The highest BCUT2D eigenvalue weighted by atomic mass is 16.4. The van der Waals surface area contributed by atoms with Gasteiger partial charge in [0.05, 0.1) is 17.4 Å². The molecule has 22 heavy (non-hydrogen) atoms. The summed E-state index contributed by atoms with van der Waals surface area (Å²) < 4.78 is 0. The van der Waals surface area contributed by atoms with E-state index < -0.39 is 6.09 Å². The van der Waals surface area contributed by atoms with Crippen LogP contribution in [-0.2, 0) is 0 Å². The molecule has 1 aliphatic rings. The zero-order chi connectivity index (χ0) is 15.5. The number of hydrogen-bond donors (Lipinski definition) is 1. The number of carbonyl (C=O) groups is 1. The maximum Gasteiger partial charge on any atom is 0.407 e. The van der Waals surface area contributed by atoms with Crippen molar-refractivity contribution in [3.63, 3.8) is 0 Å². The number of rotatable bonds is 3. The largest absolute Gasteiger partial charge is 0.465 e. The minimum absolute atomic E-state index is 0.378. The molecule has 0 unspecified atom stereocenters. The molecule has 2 heterocycles. The lowest BCUT2D eigenvalue weighted by molar-refractivity contribution is 0.131. The van der Waals surface area contributed by atoms with Gasteiger partial charge in [-0.3, -0.25) is 4.98 Å². The molecule has 3 rings (SSSR count). The van der Waals surface area contributed by atoms with E-state index in [-0.39, 0.29) is 0 Å². The summed E-state index contributed by atoms with van der Waals surface area (Å²) in [5.41, 5.74) is 2.12. The van der Waals surface area contributed by atoms with Gasteiger partial charge in [0.25, 0.3) is 0 Å². The highest BCUT2D eigenvalue weighted by Crippen LogP contribution is 2.25. The van der Waals surface area contributed by atoms with Crippen molar-refractivity contribution in [1.82, 2.24) is 9.88 Å². The first kappa shape index (κ1) is 14.6. The van der Waals surface area contributed by atoms with Crippen LogP contribution in [0.1, 0.15) is 19.8 Å². The molecular formula is C17H21N3O2. The molecule has 1 amide bonds. The van der Waals surface area contributed by atoms with Crippen LogP contribution in [-0.4, -0.2) is 46.8 Å². The first-order chi connectivity index (χ1) is 10.7. The molecule has 0 aliphatic carbocycles. The zero-order valence-corrected chi connectivity index (χ0v) is 12.8. The summed E-state index contributed by atoms with van der Waals surface area (Å²) in [6.07, 6.45) is 2.85. The van der Waals surface area contributed by atoms with Crippen LogP contribution in [0.25, 0.3) is 10.9 Å². The molecular weight excluding hydrogens is 278 g/mol. The van der Waals surface area contributed by atoms with E-state index in [9.17, 15) is 4.79 Å². The van der Waals surface area contributed by atoms with Crippen molar-refractivity contribution < 1.29 is 9.90 Å². The predicted octanol–water partition coefficient (Wildman–Crippen LogP) is 3.20. The van der Waals surface area contributed by atoms with E-state index in [1.165, 1.54) is 4.90 Å². The summed E-state index contributed by atoms with van der Waals surface area (Å²) in [4.78, 5) is 19.4. The van der Waals surface area contributed by atoms with Crippen molar-refractivity contribution in [1.29, 1.82) is 0 Å². The van der Waals surface area contributed by atoms with Gasteiger partial charge >= 0.3 is 6.09 Å². The quantitative estimate of drug-likeness (QED) is 0.945. The number of piperidine rings is 1. The Hall–Kier alpha value is -2.30. The molecule has 1 aliphatic heterocycles. The van der Waals surface area contributed by atoms with Gasteiger partial charge in [0.15, 0.2) is 0 Å². The van der Waals surface area contributed by atoms with E-state index in [0.717, 1.165) is 36.0 Å². The maximum atomic E-state index is 11.0. The summed E-state index contributed by atoms with van der Waals surface area (Å²) in [6, 6.07) is 10.7. The van der Waals surface area contributed by atoms with Crippen molar-refractivity contribution >= 4 is 22.7 Å². The number of carboxylic acid groups (broad SMARTS) is 1. The van der Waals surface area contributed by atoms with Gasteiger partial charge in [0.2, 0.25) is 0 Å². The molecule has 0 radical (unpaired) electrons. The van der Waals surface area contributed by atoms with Gasteiger partial charge in [-0.1, -0.05) is 18.2 Å². The van der Waals surface area contributed by atoms with E-state index in [0.29, 0.717) is 19.1 Å². The Bertz CT molecular complexity index is 666. The first-order valence-electron chi connectivity index (χ1n) is 7.78. The second-order valence-corrected chi connectivity index (χ2v) is 5.67. The third kappa shape index (κ3) is 2.84. The van der Waals surface area contributed by atoms with Crippen molar-refractivity contribution in [2.45, 2.75) is 25.8 Å². The van der Waals surface area contributed by atoms with Crippen LogP contribution in [0.5, 0.6) is 0 Å². The minimum Gasteiger partial charge on any atom is -0.465 e. The van der Waals surface area contributed by atoms with Crippen LogP contribution in [0.15, 0.2) is 36.5 Å². The van der Waals surface area contributed by atoms with E-state index in [2.05, 4.69) is 28.9 Å². The molecule has 5 nitrogen and oxygen atoms in total. The van der Waals surface area contributed by atoms with Crippen LogP contribution in [0.2, 0.25) is 0 Å². The molecule has 0 saturated carbocycles. The first-order valence-corrected chi connectivity index (χ1v) is 7.78. The highest BCUT2D eigenvalue weighted by molar-refractivity contribution is 5.81. The monoisotopic (exact) mass is 299 g/mol. The van der Waals surface area contributed by atoms with Gasteiger partial charge in [-0.15, -0.1) is 0 Å². The maximum absolute atomic E-state index is 11.0. The van der Waals surface area contributed by atoms with Crippen LogP contribution < -0.4 is 4.90 Å². The SMILES string of the molecule is CCN(c1cnc2ccccc2c1)C1CCN(C(=O)O)CC1. The van der Waals surface area contributed by atoms with E-state index >= 15 is 0 Å². The number of likely N-dealkylation sites (tertiary alicyclic amines) is 1. The number of pyridine rings is 1. The van der Waals surface area contributed by atoms with Gasteiger partial charge < -0.3 is 14.9 Å². The fourth-order valence-electron chi connectivity index (χ4n) is 3.24. The normalized spacial score (nSPS) is 16.0. The molecule has 116 valence electrons. The molecule has 1 fully saturated rings. The molecule has 1 saturated heterocycles. The topological polar surface area (TPSA) is 56.7 Å². The van der Waals surface area contributed by atoms with E-state index in [1.54, 1.807) is 0 Å². The Morgan fingerprint density at radius 1 is 1.36 bits per heavy atom. The Morgan fingerprint density at radius 2 is 2.09 bits per heavy atom. The Morgan fingerprint density at radius 3 is 2.77 bits per heavy atom.